The molecule has 1 heterocycles. The highest BCUT2D eigenvalue weighted by molar-refractivity contribution is 6.55. The van der Waals surface area contributed by atoms with Crippen molar-refractivity contribution in [2.24, 2.45) is 0 Å². The van der Waals surface area contributed by atoms with Crippen molar-refractivity contribution in [3.63, 3.8) is 0 Å². The molecular formula is C20H23BF4O4. The van der Waals surface area contributed by atoms with Gasteiger partial charge in [0.05, 0.1) is 17.8 Å². The second-order valence-electron chi connectivity index (χ2n) is 7.49. The Labute approximate surface area is 168 Å². The van der Waals surface area contributed by atoms with E-state index in [9.17, 15) is 13.2 Å². The Morgan fingerprint density at radius 1 is 1.10 bits per heavy atom. The van der Waals surface area contributed by atoms with Crippen LogP contribution in [0.25, 0.3) is 5.57 Å². The normalized spacial score (nSPS) is 18.9. The van der Waals surface area contributed by atoms with Crippen LogP contribution in [0.2, 0.25) is 0 Å². The predicted octanol–water partition coefficient (Wildman–Crippen LogP) is 4.94. The number of ether oxygens (including phenoxy) is 2. The molecule has 0 saturated carbocycles. The summed E-state index contributed by atoms with van der Waals surface area (Å²) in [6.45, 7) is 7.34. The van der Waals surface area contributed by atoms with E-state index < -0.39 is 36.2 Å². The number of terminal acetylenes is 1. The molecule has 0 aromatic heterocycles. The summed E-state index contributed by atoms with van der Waals surface area (Å²) < 4.78 is 73.0. The molecule has 0 unspecified atom stereocenters. The topological polar surface area (TPSA) is 36.9 Å². The fourth-order valence-electron chi connectivity index (χ4n) is 2.65. The molecule has 158 valence electrons. The number of hydrogen-bond donors (Lipinski definition) is 0. The van der Waals surface area contributed by atoms with Gasteiger partial charge in [-0.25, -0.2) is 4.39 Å². The van der Waals surface area contributed by atoms with Gasteiger partial charge >= 0.3 is 13.5 Å². The van der Waals surface area contributed by atoms with E-state index in [1.54, 1.807) is 27.7 Å². The highest BCUT2D eigenvalue weighted by Gasteiger charge is 2.53. The van der Waals surface area contributed by atoms with Crippen molar-refractivity contribution in [1.82, 2.24) is 0 Å². The molecule has 1 aromatic rings. The van der Waals surface area contributed by atoms with Crippen LogP contribution in [0.1, 0.15) is 39.7 Å². The van der Waals surface area contributed by atoms with Gasteiger partial charge < -0.3 is 18.8 Å². The van der Waals surface area contributed by atoms with Crippen molar-refractivity contribution in [3.8, 4) is 18.1 Å². The first-order valence-corrected chi connectivity index (χ1v) is 8.98. The fourth-order valence-corrected chi connectivity index (χ4v) is 2.65. The molecule has 0 bridgehead atoms. The van der Waals surface area contributed by atoms with Crippen molar-refractivity contribution in [3.05, 3.63) is 35.6 Å². The summed E-state index contributed by atoms with van der Waals surface area (Å²) in [4.78, 5) is 0. The minimum absolute atomic E-state index is 0.0593. The maximum Gasteiger partial charge on any atom is 0.573 e. The van der Waals surface area contributed by atoms with E-state index in [1.807, 2.05) is 0 Å². The molecule has 1 aliphatic heterocycles. The van der Waals surface area contributed by atoms with Crippen LogP contribution in [0.4, 0.5) is 17.6 Å². The predicted molar refractivity (Wildman–Crippen MR) is 102 cm³/mol. The quantitative estimate of drug-likeness (QED) is 0.274. The van der Waals surface area contributed by atoms with E-state index >= 15 is 4.39 Å². The molecule has 4 nitrogen and oxygen atoms in total. The lowest BCUT2D eigenvalue weighted by Crippen LogP contribution is -2.41. The van der Waals surface area contributed by atoms with Crippen molar-refractivity contribution in [2.75, 3.05) is 13.2 Å². The van der Waals surface area contributed by atoms with Gasteiger partial charge in [0.2, 0.25) is 0 Å². The van der Waals surface area contributed by atoms with Crippen LogP contribution >= 0.6 is 0 Å². The van der Waals surface area contributed by atoms with E-state index in [2.05, 4.69) is 10.7 Å². The van der Waals surface area contributed by atoms with E-state index in [4.69, 9.17) is 20.5 Å². The van der Waals surface area contributed by atoms with Crippen LogP contribution in [0.5, 0.6) is 5.75 Å². The summed E-state index contributed by atoms with van der Waals surface area (Å²) in [5, 5.41) is 0. The number of alkyl halides is 3. The van der Waals surface area contributed by atoms with Crippen LogP contribution in [0.3, 0.4) is 0 Å². The van der Waals surface area contributed by atoms with Gasteiger partial charge in [0.15, 0.2) is 0 Å². The first-order chi connectivity index (χ1) is 13.4. The van der Waals surface area contributed by atoms with Gasteiger partial charge in [0, 0.05) is 0 Å². The van der Waals surface area contributed by atoms with Crippen LogP contribution in [0, 0.1) is 12.3 Å². The van der Waals surface area contributed by atoms with Gasteiger partial charge in [-0.05, 0) is 57.4 Å². The number of rotatable bonds is 7. The highest BCUT2D eigenvalue weighted by atomic mass is 19.4. The standard InChI is InChI=1S/C20H23BF4O4/c1-6-12-26-13-11-16(14-7-9-15(10-8-14)27-20(23,24)25)17(22)21-28-18(2,3)19(4,5)29-21/h1,7-10H,11-13H2,2-5H3. The number of hydrogen-bond acceptors (Lipinski definition) is 4. The molecule has 2 rings (SSSR count). The zero-order valence-electron chi connectivity index (χ0n) is 16.7. The minimum atomic E-state index is -4.81. The lowest BCUT2D eigenvalue weighted by molar-refractivity contribution is -0.274. The van der Waals surface area contributed by atoms with E-state index in [0.29, 0.717) is 5.56 Å². The monoisotopic (exact) mass is 414 g/mol. The molecule has 0 aliphatic carbocycles. The van der Waals surface area contributed by atoms with Crippen molar-refractivity contribution < 1.29 is 36.3 Å². The number of halogens is 4. The lowest BCUT2D eigenvalue weighted by Gasteiger charge is -2.32. The second-order valence-corrected chi connectivity index (χ2v) is 7.49. The lowest BCUT2D eigenvalue weighted by atomic mass is 9.82. The largest absolute Gasteiger partial charge is 0.573 e. The van der Waals surface area contributed by atoms with Crippen molar-refractivity contribution in [1.29, 1.82) is 0 Å². The third kappa shape index (κ3) is 5.98. The van der Waals surface area contributed by atoms with E-state index in [-0.39, 0.29) is 25.2 Å². The Morgan fingerprint density at radius 3 is 2.14 bits per heavy atom. The molecule has 29 heavy (non-hydrogen) atoms. The maximum atomic E-state index is 15.3. The van der Waals surface area contributed by atoms with Crippen LogP contribution < -0.4 is 4.74 Å². The molecule has 0 amide bonds. The molecular weight excluding hydrogens is 391 g/mol. The summed E-state index contributed by atoms with van der Waals surface area (Å²) in [5.74, 6) is 1.91. The molecule has 0 radical (unpaired) electrons. The summed E-state index contributed by atoms with van der Waals surface area (Å²) in [7, 11) is -1.24. The Bertz CT molecular complexity index is 763. The minimum Gasteiger partial charge on any atom is -0.406 e. The molecule has 1 fully saturated rings. The zero-order valence-corrected chi connectivity index (χ0v) is 16.7. The van der Waals surface area contributed by atoms with Gasteiger partial charge in [-0.3, -0.25) is 0 Å². The third-order valence-electron chi connectivity index (χ3n) is 4.87. The van der Waals surface area contributed by atoms with Crippen LogP contribution in [0.15, 0.2) is 30.0 Å². The van der Waals surface area contributed by atoms with Crippen LogP contribution in [-0.2, 0) is 14.0 Å². The summed E-state index contributed by atoms with van der Waals surface area (Å²) in [6, 6.07) is 4.90. The zero-order chi connectivity index (χ0) is 21.9. The SMILES string of the molecule is C#CCOCCC(=C(F)B1OC(C)(C)C(C)(C)O1)c1ccc(OC(F)(F)F)cc1. The summed E-state index contributed by atoms with van der Waals surface area (Å²) in [6.07, 6.45) is 0.449. The van der Waals surface area contributed by atoms with Gasteiger partial charge in [0.1, 0.15) is 18.1 Å². The fraction of sp³-hybridized carbons (Fsp3) is 0.500. The van der Waals surface area contributed by atoms with Gasteiger partial charge in [-0.1, -0.05) is 18.1 Å². The first kappa shape index (κ1) is 23.3. The highest BCUT2D eigenvalue weighted by Crippen LogP contribution is 2.40. The first-order valence-electron chi connectivity index (χ1n) is 8.98. The third-order valence-corrected chi connectivity index (χ3v) is 4.87. The van der Waals surface area contributed by atoms with Gasteiger partial charge in [0.25, 0.3) is 0 Å². The molecule has 1 saturated heterocycles. The average molecular weight is 414 g/mol. The van der Waals surface area contributed by atoms with E-state index in [0.717, 1.165) is 12.1 Å². The maximum absolute atomic E-state index is 15.3. The Morgan fingerprint density at radius 2 is 1.66 bits per heavy atom. The number of benzene rings is 1. The molecule has 0 atom stereocenters. The molecule has 0 N–H and O–H groups in total. The molecule has 0 spiro atoms. The Balaban J connectivity index is 2.31. The van der Waals surface area contributed by atoms with Gasteiger partial charge in [-0.15, -0.1) is 19.6 Å². The Hall–Kier alpha value is -2.02. The smallest absolute Gasteiger partial charge is 0.406 e. The van der Waals surface area contributed by atoms with Crippen molar-refractivity contribution in [2.45, 2.75) is 51.7 Å². The van der Waals surface area contributed by atoms with Crippen LogP contribution in [-0.4, -0.2) is 37.9 Å². The second kappa shape index (κ2) is 8.78. The van der Waals surface area contributed by atoms with Crippen molar-refractivity contribution >= 4 is 12.7 Å². The molecule has 1 aromatic carbocycles. The van der Waals surface area contributed by atoms with Gasteiger partial charge in [-0.2, -0.15) is 0 Å². The Kier molecular flexibility index (Phi) is 7.04. The molecule has 9 heteroatoms. The van der Waals surface area contributed by atoms with E-state index in [1.165, 1.54) is 12.1 Å². The summed E-state index contributed by atoms with van der Waals surface area (Å²) in [5.41, 5.74) is -1.61. The molecule has 1 aliphatic rings. The average Bonchev–Trinajstić information content (AvgIpc) is 2.82. The summed E-state index contributed by atoms with van der Waals surface area (Å²) >= 11 is 0.